The molecule has 28 heavy (non-hydrogen) atoms. The number of alkyl halides is 3. The number of esters is 1. The van der Waals surface area contributed by atoms with E-state index in [0.29, 0.717) is 25.5 Å². The molecule has 0 N–H and O–H groups in total. The number of hydrogen-bond donors (Lipinski definition) is 0. The van der Waals surface area contributed by atoms with Gasteiger partial charge in [0.1, 0.15) is 0 Å². The van der Waals surface area contributed by atoms with Gasteiger partial charge in [0.05, 0.1) is 22.6 Å². The molecule has 10 heteroatoms. The number of hydrogen-bond acceptors (Lipinski definition) is 5. The summed E-state index contributed by atoms with van der Waals surface area (Å²) < 4.78 is 66.5. The lowest BCUT2D eigenvalue weighted by molar-refractivity contribution is -0.138. The fourth-order valence-electron chi connectivity index (χ4n) is 2.98. The molecule has 1 aliphatic heterocycles. The Morgan fingerprint density at radius 3 is 2.57 bits per heavy atom. The molecule has 6 nitrogen and oxygen atoms in total. The summed E-state index contributed by atoms with van der Waals surface area (Å²) >= 11 is 0. The molecule has 0 radical (unpaired) electrons. The Hall–Kier alpha value is -2.10. The quantitative estimate of drug-likeness (QED) is 0.633. The average molecular weight is 421 g/mol. The highest BCUT2D eigenvalue weighted by molar-refractivity contribution is 7.91. The molecule has 0 aromatic heterocycles. The zero-order valence-electron chi connectivity index (χ0n) is 15.4. The van der Waals surface area contributed by atoms with Crippen LogP contribution in [0.4, 0.5) is 13.2 Å². The third kappa shape index (κ3) is 5.95. The van der Waals surface area contributed by atoms with Crippen molar-refractivity contribution in [2.24, 2.45) is 0 Å². The Morgan fingerprint density at radius 2 is 2.00 bits per heavy atom. The van der Waals surface area contributed by atoms with Crippen LogP contribution in [0.2, 0.25) is 0 Å². The third-order valence-corrected chi connectivity index (χ3v) is 6.22. The van der Waals surface area contributed by atoms with E-state index >= 15 is 0 Å². The molecule has 1 fully saturated rings. The molecule has 1 unspecified atom stereocenters. The van der Waals surface area contributed by atoms with Crippen LogP contribution < -0.4 is 0 Å². The van der Waals surface area contributed by atoms with E-state index in [1.54, 1.807) is 0 Å². The van der Waals surface area contributed by atoms with Gasteiger partial charge in [0.2, 0.25) is 0 Å². The lowest BCUT2D eigenvalue weighted by Gasteiger charge is -2.28. The van der Waals surface area contributed by atoms with Gasteiger partial charge < -0.3 is 9.64 Å². The SMILES string of the molecule is CCCCN(C(=O)COC(=O)c1cccc(C(F)(F)F)c1)C1CCS(=O)(=O)C1. The van der Waals surface area contributed by atoms with Crippen LogP contribution in [0.25, 0.3) is 0 Å². The van der Waals surface area contributed by atoms with Gasteiger partial charge in [0.25, 0.3) is 5.91 Å². The van der Waals surface area contributed by atoms with Crippen molar-refractivity contribution in [1.29, 1.82) is 0 Å². The van der Waals surface area contributed by atoms with Crippen molar-refractivity contribution in [3.8, 4) is 0 Å². The van der Waals surface area contributed by atoms with Crippen molar-refractivity contribution >= 4 is 21.7 Å². The molecule has 1 amide bonds. The number of unbranched alkanes of at least 4 members (excludes halogenated alkanes) is 1. The van der Waals surface area contributed by atoms with E-state index in [0.717, 1.165) is 18.6 Å². The second-order valence-electron chi connectivity index (χ2n) is 6.65. The van der Waals surface area contributed by atoms with E-state index in [1.165, 1.54) is 11.0 Å². The van der Waals surface area contributed by atoms with Crippen LogP contribution >= 0.6 is 0 Å². The maximum Gasteiger partial charge on any atom is 0.416 e. The molecule has 1 atom stereocenters. The highest BCUT2D eigenvalue weighted by Crippen LogP contribution is 2.29. The normalized spacial score (nSPS) is 18.6. The van der Waals surface area contributed by atoms with E-state index in [2.05, 4.69) is 0 Å². The summed E-state index contributed by atoms with van der Waals surface area (Å²) in [6, 6.07) is 3.26. The van der Waals surface area contributed by atoms with Gasteiger partial charge >= 0.3 is 12.1 Å². The molecule has 0 spiro atoms. The minimum atomic E-state index is -4.60. The minimum absolute atomic E-state index is 0.00239. The van der Waals surface area contributed by atoms with Gasteiger partial charge in [-0.05, 0) is 31.0 Å². The van der Waals surface area contributed by atoms with Gasteiger partial charge in [0, 0.05) is 12.6 Å². The number of rotatable bonds is 7. The molecule has 1 saturated heterocycles. The van der Waals surface area contributed by atoms with Crippen LogP contribution in [0.5, 0.6) is 0 Å². The van der Waals surface area contributed by atoms with Crippen molar-refractivity contribution in [2.75, 3.05) is 24.7 Å². The van der Waals surface area contributed by atoms with E-state index in [-0.39, 0.29) is 17.1 Å². The topological polar surface area (TPSA) is 80.8 Å². The minimum Gasteiger partial charge on any atom is -0.452 e. The van der Waals surface area contributed by atoms with Gasteiger partial charge in [-0.15, -0.1) is 0 Å². The van der Waals surface area contributed by atoms with Crippen molar-refractivity contribution in [3.05, 3.63) is 35.4 Å². The number of amides is 1. The number of benzene rings is 1. The molecule has 1 aromatic carbocycles. The first kappa shape index (κ1) is 22.2. The first-order valence-corrected chi connectivity index (χ1v) is 10.7. The fourth-order valence-corrected chi connectivity index (χ4v) is 4.71. The van der Waals surface area contributed by atoms with Crippen molar-refractivity contribution < 1.29 is 35.9 Å². The van der Waals surface area contributed by atoms with Crippen molar-refractivity contribution in [2.45, 2.75) is 38.4 Å². The van der Waals surface area contributed by atoms with E-state index in [9.17, 15) is 31.2 Å². The molecule has 0 bridgehead atoms. The van der Waals surface area contributed by atoms with Crippen LogP contribution in [-0.2, 0) is 25.5 Å². The second kappa shape index (κ2) is 8.93. The number of carbonyl (C=O) groups excluding carboxylic acids is 2. The zero-order chi connectivity index (χ0) is 20.9. The Balaban J connectivity index is 2.02. The van der Waals surface area contributed by atoms with Gasteiger partial charge in [-0.25, -0.2) is 13.2 Å². The summed E-state index contributed by atoms with van der Waals surface area (Å²) in [5.74, 6) is -1.74. The summed E-state index contributed by atoms with van der Waals surface area (Å²) in [5, 5.41) is 0. The molecular weight excluding hydrogens is 399 g/mol. The van der Waals surface area contributed by atoms with Crippen LogP contribution in [-0.4, -0.2) is 55.9 Å². The number of ether oxygens (including phenoxy) is 1. The van der Waals surface area contributed by atoms with Crippen LogP contribution in [0, 0.1) is 0 Å². The van der Waals surface area contributed by atoms with Crippen LogP contribution in [0.1, 0.15) is 42.1 Å². The Labute approximate surface area is 161 Å². The molecule has 156 valence electrons. The molecule has 0 saturated carbocycles. The molecule has 1 heterocycles. The van der Waals surface area contributed by atoms with E-state index < -0.39 is 46.1 Å². The molecular formula is C18H22F3NO5S. The summed E-state index contributed by atoms with van der Waals surface area (Å²) in [4.78, 5) is 25.9. The highest BCUT2D eigenvalue weighted by Gasteiger charge is 2.35. The predicted octanol–water partition coefficient (Wildman–Crippen LogP) is 2.68. The van der Waals surface area contributed by atoms with E-state index in [4.69, 9.17) is 4.74 Å². The van der Waals surface area contributed by atoms with Crippen molar-refractivity contribution in [3.63, 3.8) is 0 Å². The van der Waals surface area contributed by atoms with Crippen LogP contribution in [0.3, 0.4) is 0 Å². The zero-order valence-corrected chi connectivity index (χ0v) is 16.2. The summed E-state index contributed by atoms with van der Waals surface area (Å²) in [6.07, 6.45) is -2.84. The van der Waals surface area contributed by atoms with Crippen LogP contribution in [0.15, 0.2) is 24.3 Å². The number of carbonyl (C=O) groups is 2. The number of halogens is 3. The van der Waals surface area contributed by atoms with Gasteiger partial charge in [-0.3, -0.25) is 4.79 Å². The monoisotopic (exact) mass is 421 g/mol. The number of nitrogens with zero attached hydrogens (tertiary/aromatic N) is 1. The largest absolute Gasteiger partial charge is 0.452 e. The van der Waals surface area contributed by atoms with Gasteiger partial charge in [0.15, 0.2) is 16.4 Å². The first-order valence-electron chi connectivity index (χ1n) is 8.88. The molecule has 1 aliphatic rings. The highest BCUT2D eigenvalue weighted by atomic mass is 32.2. The third-order valence-electron chi connectivity index (χ3n) is 4.47. The summed E-state index contributed by atoms with van der Waals surface area (Å²) in [5.41, 5.74) is -1.31. The molecule has 0 aliphatic carbocycles. The Bertz CT molecular complexity index is 823. The maximum absolute atomic E-state index is 12.7. The number of sulfone groups is 1. The smallest absolute Gasteiger partial charge is 0.416 e. The van der Waals surface area contributed by atoms with E-state index in [1.807, 2.05) is 6.92 Å². The average Bonchev–Trinajstić information content (AvgIpc) is 2.99. The van der Waals surface area contributed by atoms with Crippen molar-refractivity contribution in [1.82, 2.24) is 4.90 Å². The summed E-state index contributed by atoms with van der Waals surface area (Å²) in [6.45, 7) is 1.59. The summed E-state index contributed by atoms with van der Waals surface area (Å²) in [7, 11) is -3.20. The van der Waals surface area contributed by atoms with Gasteiger partial charge in [-0.1, -0.05) is 19.4 Å². The first-order chi connectivity index (χ1) is 13.0. The lowest BCUT2D eigenvalue weighted by Crippen LogP contribution is -2.43. The molecule has 2 rings (SSSR count). The standard InChI is InChI=1S/C18H22F3NO5S/c1-2-3-8-22(15-7-9-28(25,26)12-15)16(23)11-27-17(24)13-5-4-6-14(10-13)18(19,20)21/h4-6,10,15H,2-3,7-9,11-12H2,1H3. The Kier molecular flexibility index (Phi) is 7.08. The second-order valence-corrected chi connectivity index (χ2v) is 8.88. The maximum atomic E-state index is 12.7. The predicted molar refractivity (Wildman–Crippen MR) is 95.4 cm³/mol. The van der Waals surface area contributed by atoms with Gasteiger partial charge in [-0.2, -0.15) is 13.2 Å². The lowest BCUT2D eigenvalue weighted by atomic mass is 10.1. The fraction of sp³-hybridized carbons (Fsp3) is 0.556. The molecule has 1 aromatic rings. The Morgan fingerprint density at radius 1 is 1.29 bits per heavy atom.